The molecule has 1 aliphatic heterocycles. The number of benzene rings is 3. The molecule has 0 fully saturated rings. The van der Waals surface area contributed by atoms with Gasteiger partial charge in [-0.15, -0.1) is 0 Å². The molecule has 5 nitrogen and oxygen atoms in total. The van der Waals surface area contributed by atoms with Crippen molar-refractivity contribution in [3.63, 3.8) is 0 Å². The second-order valence-corrected chi connectivity index (χ2v) is 8.02. The third-order valence-corrected chi connectivity index (χ3v) is 5.17. The number of hydrogen-bond donors (Lipinski definition) is 2. The monoisotopic (exact) mass is 417 g/mol. The zero-order valence-electron chi connectivity index (χ0n) is 17.4. The summed E-state index contributed by atoms with van der Waals surface area (Å²) >= 11 is 0. The van der Waals surface area contributed by atoms with Crippen LogP contribution in [-0.4, -0.2) is 23.3 Å². The van der Waals surface area contributed by atoms with Gasteiger partial charge in [-0.1, -0.05) is 32.0 Å². The second-order valence-electron chi connectivity index (χ2n) is 8.02. The van der Waals surface area contributed by atoms with Gasteiger partial charge in [-0.3, -0.25) is 9.59 Å². The molecule has 0 radical (unpaired) electrons. The Bertz CT molecular complexity index is 1090. The molecule has 2 amide bonds. The lowest BCUT2D eigenvalue weighted by atomic mass is 10.1. The van der Waals surface area contributed by atoms with Crippen molar-refractivity contribution in [1.82, 2.24) is 4.90 Å². The fraction of sp³-hybridized carbons (Fsp3) is 0.200. The molecular formula is C25H24FN3O2. The molecule has 31 heavy (non-hydrogen) atoms. The highest BCUT2D eigenvalue weighted by molar-refractivity contribution is 6.04. The number of nitrogens with one attached hydrogen (secondary N) is 2. The van der Waals surface area contributed by atoms with Crippen molar-refractivity contribution >= 4 is 23.2 Å². The quantitative estimate of drug-likeness (QED) is 0.572. The Morgan fingerprint density at radius 2 is 1.61 bits per heavy atom. The number of halogens is 1. The van der Waals surface area contributed by atoms with E-state index < -0.39 is 0 Å². The SMILES string of the molecule is CC(C)CN1C(=O)c2ccccc2C1Nc1ccc(C(=O)Nc2ccc(F)cc2)cc1. The molecule has 158 valence electrons. The van der Waals surface area contributed by atoms with Crippen molar-refractivity contribution < 1.29 is 14.0 Å². The van der Waals surface area contributed by atoms with Crippen molar-refractivity contribution in [2.24, 2.45) is 5.92 Å². The Balaban J connectivity index is 1.50. The Hall–Kier alpha value is -3.67. The molecule has 2 N–H and O–H groups in total. The molecule has 0 saturated carbocycles. The van der Waals surface area contributed by atoms with E-state index in [-0.39, 0.29) is 23.8 Å². The molecule has 0 aliphatic carbocycles. The molecule has 0 spiro atoms. The number of hydrogen-bond acceptors (Lipinski definition) is 3. The van der Waals surface area contributed by atoms with Gasteiger partial charge in [0.2, 0.25) is 0 Å². The molecule has 0 bridgehead atoms. The summed E-state index contributed by atoms with van der Waals surface area (Å²) in [6, 6.07) is 20.3. The van der Waals surface area contributed by atoms with E-state index in [1.165, 1.54) is 24.3 Å². The van der Waals surface area contributed by atoms with Crippen LogP contribution in [0.4, 0.5) is 15.8 Å². The number of anilines is 2. The highest BCUT2D eigenvalue weighted by Gasteiger charge is 2.36. The van der Waals surface area contributed by atoms with Gasteiger partial charge < -0.3 is 15.5 Å². The second kappa shape index (κ2) is 8.60. The van der Waals surface area contributed by atoms with E-state index in [1.54, 1.807) is 12.1 Å². The van der Waals surface area contributed by atoms with Crippen molar-refractivity contribution in [2.75, 3.05) is 17.2 Å². The number of carbonyl (C=O) groups is 2. The maximum Gasteiger partial charge on any atom is 0.256 e. The predicted octanol–water partition coefficient (Wildman–Crippen LogP) is 5.30. The van der Waals surface area contributed by atoms with Gasteiger partial charge >= 0.3 is 0 Å². The highest BCUT2D eigenvalue weighted by atomic mass is 19.1. The van der Waals surface area contributed by atoms with Crippen molar-refractivity contribution in [1.29, 1.82) is 0 Å². The molecular weight excluding hydrogens is 393 g/mol. The van der Waals surface area contributed by atoms with E-state index in [1.807, 2.05) is 41.3 Å². The minimum Gasteiger partial charge on any atom is -0.361 e. The van der Waals surface area contributed by atoms with Crippen LogP contribution in [0.25, 0.3) is 0 Å². The maximum absolute atomic E-state index is 13.0. The highest BCUT2D eigenvalue weighted by Crippen LogP contribution is 2.34. The van der Waals surface area contributed by atoms with Gasteiger partial charge in [0.15, 0.2) is 0 Å². The van der Waals surface area contributed by atoms with Crippen LogP contribution in [0.2, 0.25) is 0 Å². The van der Waals surface area contributed by atoms with Crippen LogP contribution in [-0.2, 0) is 0 Å². The van der Waals surface area contributed by atoms with E-state index in [4.69, 9.17) is 0 Å². The van der Waals surface area contributed by atoms with Gasteiger partial charge in [0.05, 0.1) is 0 Å². The van der Waals surface area contributed by atoms with Crippen LogP contribution >= 0.6 is 0 Å². The topological polar surface area (TPSA) is 61.4 Å². The summed E-state index contributed by atoms with van der Waals surface area (Å²) < 4.78 is 13.0. The number of amides is 2. The lowest BCUT2D eigenvalue weighted by molar-refractivity contribution is 0.0720. The average Bonchev–Trinajstić information content (AvgIpc) is 3.01. The largest absolute Gasteiger partial charge is 0.361 e. The number of nitrogens with zero attached hydrogens (tertiary/aromatic N) is 1. The summed E-state index contributed by atoms with van der Waals surface area (Å²) in [5, 5.41) is 6.18. The van der Waals surface area contributed by atoms with Crippen LogP contribution in [0.1, 0.15) is 46.3 Å². The summed E-state index contributed by atoms with van der Waals surface area (Å²) in [5.41, 5.74) is 3.49. The van der Waals surface area contributed by atoms with Crippen LogP contribution in [0, 0.1) is 11.7 Å². The maximum atomic E-state index is 13.0. The number of rotatable bonds is 6. The first-order valence-corrected chi connectivity index (χ1v) is 10.3. The Morgan fingerprint density at radius 1 is 0.968 bits per heavy atom. The molecule has 1 heterocycles. The van der Waals surface area contributed by atoms with Gasteiger partial charge in [0.1, 0.15) is 12.0 Å². The fourth-order valence-corrected chi connectivity index (χ4v) is 3.72. The van der Waals surface area contributed by atoms with E-state index in [0.717, 1.165) is 16.8 Å². The third kappa shape index (κ3) is 4.43. The van der Waals surface area contributed by atoms with Crippen LogP contribution in [0.5, 0.6) is 0 Å². The summed E-state index contributed by atoms with van der Waals surface area (Å²) in [5.74, 6) is -0.273. The van der Waals surface area contributed by atoms with E-state index in [2.05, 4.69) is 24.5 Å². The Kier molecular flexibility index (Phi) is 5.71. The fourth-order valence-electron chi connectivity index (χ4n) is 3.72. The van der Waals surface area contributed by atoms with E-state index in [9.17, 15) is 14.0 Å². The van der Waals surface area contributed by atoms with Crippen LogP contribution in [0.15, 0.2) is 72.8 Å². The predicted molar refractivity (Wildman–Crippen MR) is 119 cm³/mol. The van der Waals surface area contributed by atoms with E-state index in [0.29, 0.717) is 23.7 Å². The van der Waals surface area contributed by atoms with Crippen LogP contribution in [0.3, 0.4) is 0 Å². The first-order valence-electron chi connectivity index (χ1n) is 10.3. The lowest BCUT2D eigenvalue weighted by Crippen LogP contribution is -2.35. The first-order chi connectivity index (χ1) is 14.9. The van der Waals surface area contributed by atoms with Crippen molar-refractivity contribution in [3.8, 4) is 0 Å². The normalized spacial score (nSPS) is 15.2. The zero-order valence-corrected chi connectivity index (χ0v) is 17.4. The summed E-state index contributed by atoms with van der Waals surface area (Å²) in [7, 11) is 0. The number of fused-ring (bicyclic) bond motifs is 1. The van der Waals surface area contributed by atoms with Crippen LogP contribution < -0.4 is 10.6 Å². The lowest BCUT2D eigenvalue weighted by Gasteiger charge is -2.28. The summed E-state index contributed by atoms with van der Waals surface area (Å²) in [6.45, 7) is 4.81. The van der Waals surface area contributed by atoms with Gasteiger partial charge in [-0.05, 0) is 60.5 Å². The minimum atomic E-state index is -0.355. The molecule has 0 aromatic heterocycles. The molecule has 4 rings (SSSR count). The van der Waals surface area contributed by atoms with Gasteiger partial charge in [0, 0.05) is 34.6 Å². The van der Waals surface area contributed by atoms with Crippen molar-refractivity contribution in [2.45, 2.75) is 20.0 Å². The molecule has 1 aliphatic rings. The average molecular weight is 417 g/mol. The standard InChI is InChI=1S/C25H24FN3O2/c1-16(2)15-29-23(21-5-3-4-6-22(21)25(29)31)27-19-11-7-17(8-12-19)24(30)28-20-13-9-18(26)10-14-20/h3-14,16,23,27H,15H2,1-2H3,(H,28,30). The molecule has 0 saturated heterocycles. The van der Waals surface area contributed by atoms with Gasteiger partial charge in [-0.2, -0.15) is 0 Å². The number of carbonyl (C=O) groups excluding carboxylic acids is 2. The molecule has 3 aromatic carbocycles. The minimum absolute atomic E-state index is 0.0251. The first kappa shape index (κ1) is 20.6. The summed E-state index contributed by atoms with van der Waals surface area (Å²) in [4.78, 5) is 27.2. The molecule has 3 aromatic rings. The van der Waals surface area contributed by atoms with Gasteiger partial charge in [-0.25, -0.2) is 4.39 Å². The zero-order chi connectivity index (χ0) is 22.0. The summed E-state index contributed by atoms with van der Waals surface area (Å²) in [6.07, 6.45) is -0.259. The molecule has 1 atom stereocenters. The smallest absolute Gasteiger partial charge is 0.256 e. The third-order valence-electron chi connectivity index (χ3n) is 5.17. The molecule has 6 heteroatoms. The van der Waals surface area contributed by atoms with Gasteiger partial charge in [0.25, 0.3) is 11.8 Å². The van der Waals surface area contributed by atoms with Crippen molar-refractivity contribution in [3.05, 3.63) is 95.3 Å². The Morgan fingerprint density at radius 3 is 2.29 bits per heavy atom. The Labute approximate surface area is 180 Å². The molecule has 1 unspecified atom stereocenters. The van der Waals surface area contributed by atoms with E-state index >= 15 is 0 Å².